The van der Waals surface area contributed by atoms with Crippen molar-refractivity contribution in [2.24, 2.45) is 5.41 Å². The van der Waals surface area contributed by atoms with Gasteiger partial charge in [-0.15, -0.1) is 0 Å². The molecule has 1 N–H and O–H groups in total. The average molecular weight is 204 g/mol. The third-order valence-electron chi connectivity index (χ3n) is 2.45. The van der Waals surface area contributed by atoms with Gasteiger partial charge >= 0.3 is 0 Å². The molecule has 0 bridgehead atoms. The standard InChI is InChI=1S/C10H20O2S/c1-2-3-4-5-13-9-10(6-11)7-12-8-10/h11H,2-9H2,1H3. The molecular formula is C10H20O2S. The van der Waals surface area contributed by atoms with E-state index in [1.807, 2.05) is 11.8 Å². The smallest absolute Gasteiger partial charge is 0.0575 e. The molecular weight excluding hydrogens is 184 g/mol. The molecule has 13 heavy (non-hydrogen) atoms. The third kappa shape index (κ3) is 3.49. The topological polar surface area (TPSA) is 29.5 Å². The van der Waals surface area contributed by atoms with Crippen LogP contribution in [0.25, 0.3) is 0 Å². The Morgan fingerprint density at radius 2 is 2.15 bits per heavy atom. The summed E-state index contributed by atoms with van der Waals surface area (Å²) in [5.74, 6) is 2.29. The summed E-state index contributed by atoms with van der Waals surface area (Å²) in [6.07, 6.45) is 3.92. The van der Waals surface area contributed by atoms with Crippen LogP contribution in [0.2, 0.25) is 0 Å². The molecule has 2 nitrogen and oxygen atoms in total. The maximum absolute atomic E-state index is 9.15. The second kappa shape index (κ2) is 5.89. The number of thioether (sulfide) groups is 1. The number of unbranched alkanes of at least 4 members (excludes halogenated alkanes) is 2. The van der Waals surface area contributed by atoms with E-state index in [9.17, 15) is 0 Å². The Morgan fingerprint density at radius 3 is 2.62 bits per heavy atom. The summed E-state index contributed by atoms with van der Waals surface area (Å²) in [6.45, 7) is 4.02. The lowest BCUT2D eigenvalue weighted by molar-refractivity contribution is -0.121. The first-order valence-corrected chi connectivity index (χ1v) is 6.25. The molecule has 3 heteroatoms. The van der Waals surface area contributed by atoms with Crippen molar-refractivity contribution in [3.05, 3.63) is 0 Å². The van der Waals surface area contributed by atoms with Gasteiger partial charge in [0.15, 0.2) is 0 Å². The van der Waals surface area contributed by atoms with Crippen LogP contribution in [0.4, 0.5) is 0 Å². The first-order valence-electron chi connectivity index (χ1n) is 5.09. The van der Waals surface area contributed by atoms with E-state index in [0.717, 1.165) is 19.0 Å². The molecule has 1 aliphatic rings. The van der Waals surface area contributed by atoms with Crippen molar-refractivity contribution in [1.29, 1.82) is 0 Å². The van der Waals surface area contributed by atoms with Gasteiger partial charge in [0.2, 0.25) is 0 Å². The molecule has 1 heterocycles. The van der Waals surface area contributed by atoms with E-state index in [0.29, 0.717) is 0 Å². The minimum Gasteiger partial charge on any atom is -0.396 e. The molecule has 78 valence electrons. The van der Waals surface area contributed by atoms with E-state index in [1.54, 1.807) is 0 Å². The van der Waals surface area contributed by atoms with Crippen molar-refractivity contribution in [3.63, 3.8) is 0 Å². The van der Waals surface area contributed by atoms with E-state index >= 15 is 0 Å². The monoisotopic (exact) mass is 204 g/mol. The number of ether oxygens (including phenoxy) is 1. The number of aliphatic hydroxyl groups excluding tert-OH is 1. The van der Waals surface area contributed by atoms with Crippen LogP contribution in [0.3, 0.4) is 0 Å². The fraction of sp³-hybridized carbons (Fsp3) is 1.00. The van der Waals surface area contributed by atoms with E-state index < -0.39 is 0 Å². The van der Waals surface area contributed by atoms with E-state index in [1.165, 1.54) is 25.0 Å². The minimum absolute atomic E-state index is 0.108. The van der Waals surface area contributed by atoms with Crippen LogP contribution in [0.15, 0.2) is 0 Å². The Morgan fingerprint density at radius 1 is 1.38 bits per heavy atom. The van der Waals surface area contributed by atoms with Crippen LogP contribution in [0, 0.1) is 5.41 Å². The maximum Gasteiger partial charge on any atom is 0.0575 e. The predicted octanol–water partition coefficient (Wildman–Crippen LogP) is 1.92. The Hall–Kier alpha value is 0.270. The fourth-order valence-corrected chi connectivity index (χ4v) is 2.60. The van der Waals surface area contributed by atoms with Crippen LogP contribution in [0.5, 0.6) is 0 Å². The quantitative estimate of drug-likeness (QED) is 0.642. The van der Waals surface area contributed by atoms with Crippen molar-refractivity contribution in [2.45, 2.75) is 26.2 Å². The Labute approximate surface area is 85.0 Å². The molecule has 0 aromatic rings. The van der Waals surface area contributed by atoms with Crippen molar-refractivity contribution >= 4 is 11.8 Å². The highest BCUT2D eigenvalue weighted by Crippen LogP contribution is 2.31. The average Bonchev–Trinajstić information content (AvgIpc) is 2.09. The molecule has 0 unspecified atom stereocenters. The molecule has 0 aliphatic carbocycles. The van der Waals surface area contributed by atoms with Crippen LogP contribution in [-0.2, 0) is 4.74 Å². The molecule has 0 saturated carbocycles. The van der Waals surface area contributed by atoms with Gasteiger partial charge in [-0.05, 0) is 12.2 Å². The molecule has 0 atom stereocenters. The number of aliphatic hydroxyl groups is 1. The molecule has 1 fully saturated rings. The summed E-state index contributed by atoms with van der Waals surface area (Å²) in [5, 5.41) is 9.15. The van der Waals surface area contributed by atoms with Gasteiger partial charge < -0.3 is 9.84 Å². The summed E-state index contributed by atoms with van der Waals surface area (Å²) in [5.41, 5.74) is 0.108. The van der Waals surface area contributed by atoms with Crippen LogP contribution < -0.4 is 0 Å². The zero-order chi connectivity index (χ0) is 9.57. The van der Waals surface area contributed by atoms with Gasteiger partial charge in [0.05, 0.1) is 19.8 Å². The molecule has 0 spiro atoms. The van der Waals surface area contributed by atoms with Gasteiger partial charge in [0.25, 0.3) is 0 Å². The van der Waals surface area contributed by atoms with Gasteiger partial charge in [-0.3, -0.25) is 0 Å². The molecule has 0 aromatic carbocycles. The summed E-state index contributed by atoms with van der Waals surface area (Å²) in [6, 6.07) is 0. The van der Waals surface area contributed by atoms with Gasteiger partial charge in [0.1, 0.15) is 0 Å². The van der Waals surface area contributed by atoms with Gasteiger partial charge in [0, 0.05) is 11.2 Å². The maximum atomic E-state index is 9.15. The summed E-state index contributed by atoms with van der Waals surface area (Å²) >= 11 is 1.96. The van der Waals surface area contributed by atoms with Crippen LogP contribution in [-0.4, -0.2) is 36.4 Å². The van der Waals surface area contributed by atoms with Gasteiger partial charge in [-0.25, -0.2) is 0 Å². The lowest BCUT2D eigenvalue weighted by Gasteiger charge is -2.39. The lowest BCUT2D eigenvalue weighted by Crippen LogP contribution is -2.47. The van der Waals surface area contributed by atoms with Gasteiger partial charge in [-0.1, -0.05) is 19.8 Å². The van der Waals surface area contributed by atoms with E-state index in [2.05, 4.69) is 6.92 Å². The first kappa shape index (κ1) is 11.3. The number of rotatable bonds is 7. The largest absolute Gasteiger partial charge is 0.396 e. The van der Waals surface area contributed by atoms with Crippen LogP contribution >= 0.6 is 11.8 Å². The van der Waals surface area contributed by atoms with Crippen molar-refractivity contribution in [1.82, 2.24) is 0 Å². The number of hydrogen-bond donors (Lipinski definition) is 1. The normalized spacial score (nSPS) is 19.8. The van der Waals surface area contributed by atoms with Gasteiger partial charge in [-0.2, -0.15) is 11.8 Å². The summed E-state index contributed by atoms with van der Waals surface area (Å²) in [4.78, 5) is 0. The van der Waals surface area contributed by atoms with E-state index in [-0.39, 0.29) is 12.0 Å². The SMILES string of the molecule is CCCCCSCC1(CO)COC1. The summed E-state index contributed by atoms with van der Waals surface area (Å²) < 4.78 is 5.13. The zero-order valence-corrected chi connectivity index (χ0v) is 9.24. The summed E-state index contributed by atoms with van der Waals surface area (Å²) in [7, 11) is 0. The first-order chi connectivity index (χ1) is 6.33. The zero-order valence-electron chi connectivity index (χ0n) is 8.42. The van der Waals surface area contributed by atoms with Crippen LogP contribution in [0.1, 0.15) is 26.2 Å². The second-order valence-corrected chi connectivity index (χ2v) is 5.02. The Bertz CT molecular complexity index is 129. The molecule has 1 aliphatic heterocycles. The van der Waals surface area contributed by atoms with Crippen molar-refractivity contribution in [3.8, 4) is 0 Å². The fourth-order valence-electron chi connectivity index (χ4n) is 1.35. The Balaban J connectivity index is 1.98. The molecule has 1 rings (SSSR count). The third-order valence-corrected chi connectivity index (χ3v) is 3.85. The van der Waals surface area contributed by atoms with E-state index in [4.69, 9.17) is 9.84 Å². The number of hydrogen-bond acceptors (Lipinski definition) is 3. The molecule has 1 saturated heterocycles. The molecule has 0 aromatic heterocycles. The highest BCUT2D eigenvalue weighted by molar-refractivity contribution is 7.99. The molecule has 0 amide bonds. The second-order valence-electron chi connectivity index (χ2n) is 3.91. The minimum atomic E-state index is 0.108. The highest BCUT2D eigenvalue weighted by atomic mass is 32.2. The molecule has 0 radical (unpaired) electrons. The van der Waals surface area contributed by atoms with Crippen molar-refractivity contribution < 1.29 is 9.84 Å². The Kier molecular flexibility index (Phi) is 5.14. The highest BCUT2D eigenvalue weighted by Gasteiger charge is 2.37. The van der Waals surface area contributed by atoms with Crippen molar-refractivity contribution in [2.75, 3.05) is 31.3 Å². The lowest BCUT2D eigenvalue weighted by atomic mass is 9.90. The predicted molar refractivity (Wildman–Crippen MR) is 57.2 cm³/mol.